The van der Waals surface area contributed by atoms with E-state index in [0.717, 1.165) is 0 Å². The molecule has 0 heterocycles. The molecule has 0 aliphatic carbocycles. The monoisotopic (exact) mass is 155 g/mol. The minimum atomic E-state index is 0.504. The van der Waals surface area contributed by atoms with Crippen LogP contribution in [-0.2, 0) is 0 Å². The van der Waals surface area contributed by atoms with Crippen LogP contribution in [0.25, 0.3) is 0 Å². The second-order valence-electron chi connectivity index (χ2n) is 1.85. The van der Waals surface area contributed by atoms with Crippen LogP contribution in [0.5, 0.6) is 0 Å². The largest absolute Gasteiger partial charge is 0.619 e. The summed E-state index contributed by atoms with van der Waals surface area (Å²) in [6, 6.07) is 6.52. The lowest BCUT2D eigenvalue weighted by Crippen LogP contribution is -1.87. The third-order valence-corrected chi connectivity index (χ3v) is 1.37. The Morgan fingerprint density at radius 1 is 1.30 bits per heavy atom. The van der Waals surface area contributed by atoms with E-state index in [0.29, 0.717) is 15.4 Å². The molecule has 0 N–H and O–H groups in total. The highest BCUT2D eigenvalue weighted by atomic mass is 35.5. The molecule has 0 aromatic heterocycles. The quantitative estimate of drug-likeness (QED) is 0.264. The molecular formula is C7H6ClNO. The highest BCUT2D eigenvalue weighted by Crippen LogP contribution is 2.14. The average Bonchev–Trinajstić information content (AvgIpc) is 1.88. The highest BCUT2D eigenvalue weighted by Gasteiger charge is 1.95. The van der Waals surface area contributed by atoms with Gasteiger partial charge in [0.25, 0.3) is 0 Å². The molecule has 0 fully saturated rings. The molecule has 2 nitrogen and oxygen atoms in total. The van der Waals surface area contributed by atoms with Crippen molar-refractivity contribution < 1.29 is 4.74 Å². The number of benzene rings is 1. The smallest absolute Gasteiger partial charge is 0.216 e. The maximum Gasteiger partial charge on any atom is 0.216 e. The SMILES string of the molecule is C=[N+]([O-])c1ccc(Cl)cc1. The first-order chi connectivity index (χ1) is 4.70. The van der Waals surface area contributed by atoms with Gasteiger partial charge in [0.05, 0.1) is 0 Å². The van der Waals surface area contributed by atoms with E-state index >= 15 is 0 Å². The van der Waals surface area contributed by atoms with Gasteiger partial charge in [-0.15, -0.1) is 0 Å². The molecule has 52 valence electrons. The van der Waals surface area contributed by atoms with Crippen LogP contribution in [0, 0.1) is 5.21 Å². The summed E-state index contributed by atoms with van der Waals surface area (Å²) in [5, 5.41) is 11.1. The molecule has 10 heavy (non-hydrogen) atoms. The van der Waals surface area contributed by atoms with Gasteiger partial charge in [0.1, 0.15) is 6.72 Å². The Morgan fingerprint density at radius 3 is 2.20 bits per heavy atom. The van der Waals surface area contributed by atoms with Crippen molar-refractivity contribution in [2.24, 2.45) is 0 Å². The molecule has 0 spiro atoms. The van der Waals surface area contributed by atoms with E-state index in [1.807, 2.05) is 0 Å². The topological polar surface area (TPSA) is 26.1 Å². The van der Waals surface area contributed by atoms with Crippen molar-refractivity contribution in [3.05, 3.63) is 34.5 Å². The van der Waals surface area contributed by atoms with Crippen LogP contribution in [0.1, 0.15) is 0 Å². The predicted octanol–water partition coefficient (Wildman–Crippen LogP) is 2.18. The van der Waals surface area contributed by atoms with Gasteiger partial charge in [0.15, 0.2) is 0 Å². The van der Waals surface area contributed by atoms with Gasteiger partial charge in [-0.3, -0.25) is 0 Å². The summed E-state index contributed by atoms with van der Waals surface area (Å²) >= 11 is 5.58. The maximum absolute atomic E-state index is 10.5. The van der Waals surface area contributed by atoms with Gasteiger partial charge >= 0.3 is 0 Å². The molecular weight excluding hydrogens is 150 g/mol. The van der Waals surface area contributed by atoms with Crippen LogP contribution in [0.4, 0.5) is 5.69 Å². The first-order valence-corrected chi connectivity index (χ1v) is 3.11. The summed E-state index contributed by atoms with van der Waals surface area (Å²) < 4.78 is 0.538. The fourth-order valence-corrected chi connectivity index (χ4v) is 0.733. The number of hydrogen-bond acceptors (Lipinski definition) is 1. The van der Waals surface area contributed by atoms with Crippen molar-refractivity contribution in [1.29, 1.82) is 0 Å². The first kappa shape index (κ1) is 7.09. The van der Waals surface area contributed by atoms with Crippen LogP contribution < -0.4 is 0 Å². The van der Waals surface area contributed by atoms with Gasteiger partial charge in [-0.25, -0.2) is 0 Å². The normalized spacial score (nSPS) is 9.30. The zero-order valence-electron chi connectivity index (χ0n) is 5.25. The van der Waals surface area contributed by atoms with Crippen molar-refractivity contribution >= 4 is 24.0 Å². The van der Waals surface area contributed by atoms with Crippen LogP contribution >= 0.6 is 11.6 Å². The van der Waals surface area contributed by atoms with Crippen molar-refractivity contribution in [2.45, 2.75) is 0 Å². The molecule has 1 aromatic carbocycles. The number of rotatable bonds is 1. The van der Waals surface area contributed by atoms with Crippen molar-refractivity contribution in [3.8, 4) is 0 Å². The highest BCUT2D eigenvalue weighted by molar-refractivity contribution is 6.30. The minimum Gasteiger partial charge on any atom is -0.619 e. The van der Waals surface area contributed by atoms with Gasteiger partial charge in [-0.1, -0.05) is 11.6 Å². The maximum atomic E-state index is 10.5. The van der Waals surface area contributed by atoms with E-state index in [1.165, 1.54) is 0 Å². The standard InChI is InChI=1S/C7H6ClNO/c1-9(10)7-4-2-6(8)3-5-7/h2-5H,1H2. The third kappa shape index (κ3) is 1.48. The van der Waals surface area contributed by atoms with Crippen LogP contribution in [-0.4, -0.2) is 11.5 Å². The predicted molar refractivity (Wildman–Crippen MR) is 41.9 cm³/mol. The second-order valence-corrected chi connectivity index (χ2v) is 2.29. The third-order valence-electron chi connectivity index (χ3n) is 1.11. The Balaban J connectivity index is 3.00. The van der Waals surface area contributed by atoms with Crippen LogP contribution in [0.3, 0.4) is 0 Å². The summed E-state index contributed by atoms with van der Waals surface area (Å²) in [5.74, 6) is 0. The molecule has 0 atom stereocenters. The molecule has 0 amide bonds. The fraction of sp³-hybridized carbons (Fsp3) is 0. The lowest BCUT2D eigenvalue weighted by atomic mass is 10.3. The Hall–Kier alpha value is -1.02. The summed E-state index contributed by atoms with van der Waals surface area (Å²) in [4.78, 5) is 0. The molecule has 0 bridgehead atoms. The number of nitrogens with zero attached hydrogens (tertiary/aromatic N) is 1. The molecule has 0 radical (unpaired) electrons. The molecule has 0 saturated carbocycles. The molecule has 1 aromatic rings. The molecule has 0 unspecified atom stereocenters. The lowest BCUT2D eigenvalue weighted by Gasteiger charge is -1.98. The second kappa shape index (κ2) is 2.71. The zero-order chi connectivity index (χ0) is 7.56. The van der Waals surface area contributed by atoms with Crippen molar-refractivity contribution in [3.63, 3.8) is 0 Å². The van der Waals surface area contributed by atoms with Gasteiger partial charge < -0.3 is 5.21 Å². The van der Waals surface area contributed by atoms with Gasteiger partial charge in [0, 0.05) is 17.2 Å². The van der Waals surface area contributed by atoms with Crippen molar-refractivity contribution in [1.82, 2.24) is 0 Å². The average molecular weight is 156 g/mol. The van der Waals surface area contributed by atoms with Gasteiger partial charge in [0.2, 0.25) is 5.69 Å². The van der Waals surface area contributed by atoms with E-state index in [9.17, 15) is 5.21 Å². The fourth-order valence-electron chi connectivity index (χ4n) is 0.607. The first-order valence-electron chi connectivity index (χ1n) is 2.73. The molecule has 0 aliphatic heterocycles. The lowest BCUT2D eigenvalue weighted by molar-refractivity contribution is -0.349. The van der Waals surface area contributed by atoms with E-state index < -0.39 is 0 Å². The Bertz CT molecular complexity index is 242. The molecule has 3 heteroatoms. The molecule has 1 rings (SSSR count). The zero-order valence-corrected chi connectivity index (χ0v) is 6.01. The number of halogens is 1. The van der Waals surface area contributed by atoms with E-state index in [4.69, 9.17) is 11.6 Å². The van der Waals surface area contributed by atoms with Gasteiger partial charge in [-0.05, 0) is 12.1 Å². The molecule has 0 saturated heterocycles. The Kier molecular flexibility index (Phi) is 1.92. The summed E-state index contributed by atoms with van der Waals surface area (Å²) in [7, 11) is 0. The number of hydrogen-bond donors (Lipinski definition) is 0. The summed E-state index contributed by atoms with van der Waals surface area (Å²) in [5.41, 5.74) is 0.504. The van der Waals surface area contributed by atoms with E-state index in [1.54, 1.807) is 24.3 Å². The van der Waals surface area contributed by atoms with Crippen LogP contribution in [0.2, 0.25) is 5.02 Å². The summed E-state index contributed by atoms with van der Waals surface area (Å²) in [6.45, 7) is 3.17. The molecule has 0 aliphatic rings. The van der Waals surface area contributed by atoms with Crippen LogP contribution in [0.15, 0.2) is 24.3 Å². The summed E-state index contributed by atoms with van der Waals surface area (Å²) in [6.07, 6.45) is 0. The minimum absolute atomic E-state index is 0.504. The Labute approximate surface area is 64.0 Å². The van der Waals surface area contributed by atoms with Crippen molar-refractivity contribution in [2.75, 3.05) is 0 Å². The Morgan fingerprint density at radius 2 is 1.80 bits per heavy atom. The van der Waals surface area contributed by atoms with Gasteiger partial charge in [-0.2, -0.15) is 4.74 Å². The van der Waals surface area contributed by atoms with E-state index in [2.05, 4.69) is 6.72 Å². The van der Waals surface area contributed by atoms with E-state index in [-0.39, 0.29) is 0 Å².